The number of aromatic amines is 1. The SMILES string of the molecule is COc1ccc(-c2nc3cc4c(cc3[nH]2)OCO4)cc1. The van der Waals surface area contributed by atoms with Crippen LogP contribution < -0.4 is 14.2 Å². The summed E-state index contributed by atoms with van der Waals surface area (Å²) in [4.78, 5) is 7.88. The molecule has 2 heterocycles. The molecule has 0 spiro atoms. The van der Waals surface area contributed by atoms with E-state index in [-0.39, 0.29) is 6.79 Å². The highest BCUT2D eigenvalue weighted by atomic mass is 16.7. The lowest BCUT2D eigenvalue weighted by Gasteiger charge is -2.00. The first-order valence-corrected chi connectivity index (χ1v) is 6.27. The van der Waals surface area contributed by atoms with E-state index in [2.05, 4.69) is 9.97 Å². The van der Waals surface area contributed by atoms with E-state index in [9.17, 15) is 0 Å². The van der Waals surface area contributed by atoms with Crippen LogP contribution in [0, 0.1) is 0 Å². The molecule has 0 saturated heterocycles. The van der Waals surface area contributed by atoms with Gasteiger partial charge >= 0.3 is 0 Å². The van der Waals surface area contributed by atoms with Gasteiger partial charge in [-0.15, -0.1) is 0 Å². The van der Waals surface area contributed by atoms with Crippen LogP contribution in [0.15, 0.2) is 36.4 Å². The number of nitrogens with zero attached hydrogens (tertiary/aromatic N) is 1. The number of hydrogen-bond acceptors (Lipinski definition) is 4. The molecule has 0 fully saturated rings. The van der Waals surface area contributed by atoms with Crippen LogP contribution in [0.25, 0.3) is 22.4 Å². The fourth-order valence-electron chi connectivity index (χ4n) is 2.29. The van der Waals surface area contributed by atoms with Crippen LogP contribution in [0.5, 0.6) is 17.2 Å². The van der Waals surface area contributed by atoms with Crippen LogP contribution in [0.2, 0.25) is 0 Å². The van der Waals surface area contributed by atoms with Gasteiger partial charge in [-0.25, -0.2) is 4.98 Å². The Kier molecular flexibility index (Phi) is 2.32. The van der Waals surface area contributed by atoms with Crippen molar-refractivity contribution in [2.24, 2.45) is 0 Å². The van der Waals surface area contributed by atoms with Crippen LogP contribution in [0.3, 0.4) is 0 Å². The maximum absolute atomic E-state index is 5.37. The van der Waals surface area contributed by atoms with Crippen LogP contribution in [0.4, 0.5) is 0 Å². The van der Waals surface area contributed by atoms with E-state index in [1.54, 1.807) is 7.11 Å². The van der Waals surface area contributed by atoms with E-state index in [1.807, 2.05) is 36.4 Å². The molecule has 0 bridgehead atoms. The molecule has 100 valence electrons. The van der Waals surface area contributed by atoms with Crippen molar-refractivity contribution in [1.82, 2.24) is 9.97 Å². The predicted octanol–water partition coefficient (Wildman–Crippen LogP) is 2.97. The second-order valence-electron chi connectivity index (χ2n) is 4.54. The first-order valence-electron chi connectivity index (χ1n) is 6.27. The lowest BCUT2D eigenvalue weighted by atomic mass is 10.2. The van der Waals surface area contributed by atoms with Gasteiger partial charge in [-0.3, -0.25) is 0 Å². The molecule has 0 radical (unpaired) electrons. The minimum atomic E-state index is 0.271. The van der Waals surface area contributed by atoms with Crippen LogP contribution in [-0.2, 0) is 0 Å². The Morgan fingerprint density at radius 2 is 1.85 bits per heavy atom. The van der Waals surface area contributed by atoms with E-state index in [0.29, 0.717) is 0 Å². The number of aromatic nitrogens is 2. The first kappa shape index (κ1) is 11.2. The number of benzene rings is 2. The van der Waals surface area contributed by atoms with Crippen LogP contribution in [-0.4, -0.2) is 23.9 Å². The zero-order chi connectivity index (χ0) is 13.5. The summed E-state index contributed by atoms with van der Waals surface area (Å²) in [6.45, 7) is 0.271. The Bertz CT molecular complexity index is 737. The smallest absolute Gasteiger partial charge is 0.231 e. The maximum atomic E-state index is 5.37. The van der Waals surface area contributed by atoms with Crippen molar-refractivity contribution in [2.45, 2.75) is 0 Å². The predicted molar refractivity (Wildman–Crippen MR) is 74.2 cm³/mol. The number of hydrogen-bond donors (Lipinski definition) is 1. The molecule has 0 atom stereocenters. The number of H-pyrrole nitrogens is 1. The molecule has 20 heavy (non-hydrogen) atoms. The van der Waals surface area contributed by atoms with Gasteiger partial charge in [-0.05, 0) is 24.3 Å². The van der Waals surface area contributed by atoms with Crippen molar-refractivity contribution in [3.8, 4) is 28.6 Å². The lowest BCUT2D eigenvalue weighted by Crippen LogP contribution is -1.92. The summed E-state index contributed by atoms with van der Waals surface area (Å²) < 4.78 is 15.9. The molecule has 1 N–H and O–H groups in total. The minimum absolute atomic E-state index is 0.271. The quantitative estimate of drug-likeness (QED) is 0.776. The molecule has 3 aromatic rings. The third-order valence-corrected chi connectivity index (χ3v) is 3.34. The number of rotatable bonds is 2. The van der Waals surface area contributed by atoms with Crippen LogP contribution in [0.1, 0.15) is 0 Å². The normalized spacial score (nSPS) is 12.8. The van der Waals surface area contributed by atoms with Gasteiger partial charge in [0.15, 0.2) is 11.5 Å². The highest BCUT2D eigenvalue weighted by Crippen LogP contribution is 2.36. The summed E-state index contributed by atoms with van der Waals surface area (Å²) in [5.74, 6) is 3.13. The van der Waals surface area contributed by atoms with Gasteiger partial charge < -0.3 is 19.2 Å². The zero-order valence-electron chi connectivity index (χ0n) is 10.8. The second kappa shape index (κ2) is 4.16. The molecule has 5 heteroatoms. The molecular weight excluding hydrogens is 256 g/mol. The Morgan fingerprint density at radius 3 is 2.60 bits per heavy atom. The van der Waals surface area contributed by atoms with Crippen molar-refractivity contribution in [3.05, 3.63) is 36.4 Å². The molecule has 1 aliphatic heterocycles. The van der Waals surface area contributed by atoms with Crippen molar-refractivity contribution in [3.63, 3.8) is 0 Å². The highest BCUT2D eigenvalue weighted by molar-refractivity contribution is 5.83. The molecule has 0 aliphatic carbocycles. The second-order valence-corrected chi connectivity index (χ2v) is 4.54. The van der Waals surface area contributed by atoms with Crippen molar-refractivity contribution in [2.75, 3.05) is 13.9 Å². The fourth-order valence-corrected chi connectivity index (χ4v) is 2.29. The molecule has 5 nitrogen and oxygen atoms in total. The van der Waals surface area contributed by atoms with Crippen molar-refractivity contribution in [1.29, 1.82) is 0 Å². The van der Waals surface area contributed by atoms with E-state index in [4.69, 9.17) is 14.2 Å². The Balaban J connectivity index is 1.80. The van der Waals surface area contributed by atoms with Crippen molar-refractivity contribution < 1.29 is 14.2 Å². The summed E-state index contributed by atoms with van der Waals surface area (Å²) in [7, 11) is 1.65. The molecule has 0 saturated carbocycles. The van der Waals surface area contributed by atoms with Gasteiger partial charge in [0.25, 0.3) is 0 Å². The average molecular weight is 268 g/mol. The standard InChI is InChI=1S/C15H12N2O3/c1-18-10-4-2-9(3-5-10)15-16-11-6-13-14(20-8-19-13)7-12(11)17-15/h2-7H,8H2,1H3,(H,16,17). The van der Waals surface area contributed by atoms with Gasteiger partial charge in [0.1, 0.15) is 11.6 Å². The fraction of sp³-hybridized carbons (Fsp3) is 0.133. The summed E-state index contributed by atoms with van der Waals surface area (Å²) >= 11 is 0. The Hall–Kier alpha value is -2.69. The summed E-state index contributed by atoms with van der Waals surface area (Å²) in [6, 6.07) is 11.6. The molecule has 1 aromatic heterocycles. The lowest BCUT2D eigenvalue weighted by molar-refractivity contribution is 0.174. The molecule has 2 aromatic carbocycles. The van der Waals surface area contributed by atoms with Gasteiger partial charge in [-0.1, -0.05) is 0 Å². The van der Waals surface area contributed by atoms with Gasteiger partial charge in [0, 0.05) is 17.7 Å². The monoisotopic (exact) mass is 268 g/mol. The number of ether oxygens (including phenoxy) is 3. The third kappa shape index (κ3) is 1.67. The van der Waals surface area contributed by atoms with E-state index in [1.165, 1.54) is 0 Å². The summed E-state index contributed by atoms with van der Waals surface area (Å²) in [5, 5.41) is 0. The summed E-state index contributed by atoms with van der Waals surface area (Å²) in [6.07, 6.45) is 0. The maximum Gasteiger partial charge on any atom is 0.231 e. The first-order chi connectivity index (χ1) is 9.83. The number of methoxy groups -OCH3 is 1. The number of imidazole rings is 1. The number of fused-ring (bicyclic) bond motifs is 2. The molecular formula is C15H12N2O3. The Morgan fingerprint density at radius 1 is 1.10 bits per heavy atom. The summed E-state index contributed by atoms with van der Waals surface area (Å²) in [5.41, 5.74) is 2.80. The van der Waals surface area contributed by atoms with Crippen LogP contribution >= 0.6 is 0 Å². The zero-order valence-corrected chi connectivity index (χ0v) is 10.8. The molecule has 0 amide bonds. The molecule has 0 unspecified atom stereocenters. The third-order valence-electron chi connectivity index (χ3n) is 3.34. The van der Waals surface area contributed by atoms with E-state index < -0.39 is 0 Å². The van der Waals surface area contributed by atoms with Gasteiger partial charge in [0.05, 0.1) is 18.1 Å². The van der Waals surface area contributed by atoms with E-state index in [0.717, 1.165) is 39.7 Å². The Labute approximate surface area is 115 Å². The largest absolute Gasteiger partial charge is 0.497 e. The van der Waals surface area contributed by atoms with Gasteiger partial charge in [0.2, 0.25) is 6.79 Å². The molecule has 4 rings (SSSR count). The average Bonchev–Trinajstić information content (AvgIpc) is 3.10. The highest BCUT2D eigenvalue weighted by Gasteiger charge is 2.16. The van der Waals surface area contributed by atoms with Gasteiger partial charge in [-0.2, -0.15) is 0 Å². The topological polar surface area (TPSA) is 56.4 Å². The minimum Gasteiger partial charge on any atom is -0.497 e. The van der Waals surface area contributed by atoms with E-state index >= 15 is 0 Å². The molecule has 1 aliphatic rings. The number of nitrogens with one attached hydrogen (secondary N) is 1. The van der Waals surface area contributed by atoms with Crippen molar-refractivity contribution >= 4 is 11.0 Å².